The van der Waals surface area contributed by atoms with Crippen molar-refractivity contribution in [2.45, 2.75) is 13.5 Å². The molecule has 0 saturated heterocycles. The molecule has 0 unspecified atom stereocenters. The summed E-state index contributed by atoms with van der Waals surface area (Å²) >= 11 is 0. The van der Waals surface area contributed by atoms with E-state index in [1.165, 1.54) is 21.7 Å². The van der Waals surface area contributed by atoms with Crippen molar-refractivity contribution in [1.82, 2.24) is 24.0 Å². The van der Waals surface area contributed by atoms with Gasteiger partial charge in [-0.3, -0.25) is 14.3 Å². The van der Waals surface area contributed by atoms with Gasteiger partial charge in [0.1, 0.15) is 17.1 Å². The Bertz CT molecular complexity index is 1680. The third-order valence-corrected chi connectivity index (χ3v) is 6.12. The minimum absolute atomic E-state index is 0.0211. The Morgan fingerprint density at radius 3 is 2.49 bits per heavy atom. The minimum atomic E-state index is -1.51. The molecule has 1 amide bonds. The van der Waals surface area contributed by atoms with E-state index in [0.29, 0.717) is 17.6 Å². The second kappa shape index (κ2) is 9.23. The molecule has 3 heterocycles. The van der Waals surface area contributed by atoms with Gasteiger partial charge in [-0.05, 0) is 30.7 Å². The summed E-state index contributed by atoms with van der Waals surface area (Å²) in [6.45, 7) is 2.49. The van der Waals surface area contributed by atoms with Crippen molar-refractivity contribution in [2.24, 2.45) is 0 Å². The number of carboxylic acid groups (broad SMARTS) is 1. The van der Waals surface area contributed by atoms with Gasteiger partial charge in [0.05, 0.1) is 28.2 Å². The zero-order valence-electron chi connectivity index (χ0n) is 20.4. The maximum Gasteiger partial charge on any atom is 0.511 e. The van der Waals surface area contributed by atoms with E-state index < -0.39 is 6.16 Å². The van der Waals surface area contributed by atoms with Crippen molar-refractivity contribution in [3.8, 4) is 5.75 Å². The van der Waals surface area contributed by atoms with Gasteiger partial charge in [-0.1, -0.05) is 30.3 Å². The molecule has 0 aliphatic carbocycles. The molecule has 0 radical (unpaired) electrons. The quantitative estimate of drug-likeness (QED) is 0.215. The van der Waals surface area contributed by atoms with Crippen LogP contribution in [0.4, 0.5) is 9.59 Å². The summed E-state index contributed by atoms with van der Waals surface area (Å²) in [4.78, 5) is 47.7. The molecule has 0 bridgehead atoms. The van der Waals surface area contributed by atoms with E-state index in [0.717, 1.165) is 22.4 Å². The van der Waals surface area contributed by atoms with Crippen molar-refractivity contribution in [3.05, 3.63) is 89.6 Å². The number of carbonyl (C=O) groups is 3. The Balaban J connectivity index is 1.52. The number of amides is 1. The minimum Gasteiger partial charge on any atom is -0.449 e. The number of aryl methyl sites for hydroxylation is 1. The number of ketones is 1. The van der Waals surface area contributed by atoms with E-state index in [-0.39, 0.29) is 28.5 Å². The summed E-state index contributed by atoms with van der Waals surface area (Å²) in [7, 11) is 3.18. The smallest absolute Gasteiger partial charge is 0.449 e. The van der Waals surface area contributed by atoms with Crippen LogP contribution in [-0.2, 0) is 6.54 Å². The number of benzene rings is 2. The summed E-state index contributed by atoms with van der Waals surface area (Å²) < 4.78 is 8.33. The van der Waals surface area contributed by atoms with E-state index in [2.05, 4.69) is 14.5 Å². The fourth-order valence-corrected chi connectivity index (χ4v) is 4.38. The number of aromatic nitrogens is 4. The highest BCUT2D eigenvalue weighted by molar-refractivity contribution is 6.19. The standard InChI is InChI=1S/C27H23N5O5/c1-16-29-20-13-28-12-11-21(20)31(16)14-17-7-9-18(10-8-17)25(33)19-15-32(26(34)30(2)3)22-5-4-6-23(24(19)22)37-27(35)36/h4-13,15H,14H2,1-3H3,(H,35,36). The molecule has 5 aromatic rings. The van der Waals surface area contributed by atoms with Crippen LogP contribution in [0.3, 0.4) is 0 Å². The summed E-state index contributed by atoms with van der Waals surface area (Å²) in [6.07, 6.45) is 3.36. The summed E-state index contributed by atoms with van der Waals surface area (Å²) in [5, 5.41) is 9.45. The SMILES string of the molecule is Cc1nc2cnccc2n1Cc1ccc(C(=O)c2cn(C(=O)N(C)C)c3cccc(OC(=O)O)c23)cc1. The summed E-state index contributed by atoms with van der Waals surface area (Å²) in [5.74, 6) is 0.471. The normalized spacial score (nSPS) is 11.1. The van der Waals surface area contributed by atoms with E-state index in [9.17, 15) is 19.5 Å². The van der Waals surface area contributed by atoms with Gasteiger partial charge in [0.25, 0.3) is 0 Å². The largest absolute Gasteiger partial charge is 0.511 e. The van der Waals surface area contributed by atoms with Crippen molar-refractivity contribution in [3.63, 3.8) is 0 Å². The van der Waals surface area contributed by atoms with E-state index >= 15 is 0 Å². The van der Waals surface area contributed by atoms with Crippen LogP contribution < -0.4 is 4.74 Å². The highest BCUT2D eigenvalue weighted by Crippen LogP contribution is 2.33. The molecule has 10 heteroatoms. The summed E-state index contributed by atoms with van der Waals surface area (Å²) in [5.41, 5.74) is 3.68. The van der Waals surface area contributed by atoms with Gasteiger partial charge in [-0.2, -0.15) is 0 Å². The van der Waals surface area contributed by atoms with Gasteiger partial charge in [-0.15, -0.1) is 0 Å². The molecule has 37 heavy (non-hydrogen) atoms. The molecule has 0 aliphatic rings. The molecule has 5 rings (SSSR count). The Hall–Kier alpha value is -4.99. The molecular weight excluding hydrogens is 474 g/mol. The monoisotopic (exact) mass is 497 g/mol. The fraction of sp³-hybridized carbons (Fsp3) is 0.148. The number of hydrogen-bond acceptors (Lipinski definition) is 6. The van der Waals surface area contributed by atoms with E-state index in [4.69, 9.17) is 4.74 Å². The topological polar surface area (TPSA) is 120 Å². The Labute approximate surface area is 211 Å². The molecule has 1 N–H and O–H groups in total. The van der Waals surface area contributed by atoms with Gasteiger partial charge in [0.15, 0.2) is 5.78 Å². The second-order valence-electron chi connectivity index (χ2n) is 8.74. The number of rotatable bonds is 5. The lowest BCUT2D eigenvalue weighted by Gasteiger charge is -2.11. The van der Waals surface area contributed by atoms with Gasteiger partial charge >= 0.3 is 12.2 Å². The number of carbonyl (C=O) groups excluding carboxylic acids is 2. The molecule has 0 fully saturated rings. The van der Waals surface area contributed by atoms with Crippen LogP contribution in [0.2, 0.25) is 0 Å². The average Bonchev–Trinajstić information content (AvgIpc) is 3.42. The predicted molar refractivity (Wildman–Crippen MR) is 136 cm³/mol. The van der Waals surface area contributed by atoms with Gasteiger partial charge in [-0.25, -0.2) is 14.6 Å². The zero-order valence-corrected chi connectivity index (χ0v) is 20.4. The van der Waals surface area contributed by atoms with Gasteiger partial charge < -0.3 is 19.3 Å². The highest BCUT2D eigenvalue weighted by atomic mass is 16.7. The molecule has 2 aromatic carbocycles. The number of pyridine rings is 1. The van der Waals surface area contributed by atoms with Gasteiger partial charge in [0, 0.05) is 38.6 Å². The van der Waals surface area contributed by atoms with Crippen LogP contribution in [0.15, 0.2) is 67.1 Å². The van der Waals surface area contributed by atoms with E-state index in [1.54, 1.807) is 50.8 Å². The third-order valence-electron chi connectivity index (χ3n) is 6.12. The van der Waals surface area contributed by atoms with Crippen LogP contribution in [-0.4, -0.2) is 61.2 Å². The first-order chi connectivity index (χ1) is 17.7. The number of nitrogens with zero attached hydrogens (tertiary/aromatic N) is 5. The second-order valence-corrected chi connectivity index (χ2v) is 8.74. The maximum atomic E-state index is 13.6. The molecule has 186 valence electrons. The third kappa shape index (κ3) is 4.29. The van der Waals surface area contributed by atoms with E-state index in [1.807, 2.05) is 25.1 Å². The number of hydrogen-bond donors (Lipinski definition) is 1. The molecule has 3 aromatic heterocycles. The Morgan fingerprint density at radius 1 is 1.03 bits per heavy atom. The fourth-order valence-electron chi connectivity index (χ4n) is 4.38. The predicted octanol–water partition coefficient (Wildman–Crippen LogP) is 4.56. The van der Waals surface area contributed by atoms with Crippen LogP contribution in [0.1, 0.15) is 27.3 Å². The number of ether oxygens (including phenoxy) is 1. The first kappa shape index (κ1) is 23.7. The molecule has 10 nitrogen and oxygen atoms in total. The van der Waals surface area contributed by atoms with Crippen LogP contribution >= 0.6 is 0 Å². The van der Waals surface area contributed by atoms with Crippen LogP contribution in [0.5, 0.6) is 5.75 Å². The maximum absolute atomic E-state index is 13.6. The van der Waals surface area contributed by atoms with Gasteiger partial charge in [0.2, 0.25) is 0 Å². The Morgan fingerprint density at radius 2 is 1.78 bits per heavy atom. The molecular formula is C27H23N5O5. The highest BCUT2D eigenvalue weighted by Gasteiger charge is 2.24. The van der Waals surface area contributed by atoms with Crippen molar-refractivity contribution < 1.29 is 24.2 Å². The Kier molecular flexibility index (Phi) is 5.92. The molecule has 0 aliphatic heterocycles. The van der Waals surface area contributed by atoms with Crippen LogP contribution in [0.25, 0.3) is 21.9 Å². The molecule has 0 spiro atoms. The number of fused-ring (bicyclic) bond motifs is 2. The van der Waals surface area contributed by atoms with Crippen molar-refractivity contribution >= 4 is 39.9 Å². The summed E-state index contributed by atoms with van der Waals surface area (Å²) in [6, 6.07) is 13.3. The lowest BCUT2D eigenvalue weighted by molar-refractivity contribution is 0.103. The average molecular weight is 498 g/mol. The van der Waals surface area contributed by atoms with Crippen molar-refractivity contribution in [2.75, 3.05) is 14.1 Å². The first-order valence-electron chi connectivity index (χ1n) is 11.4. The molecule has 0 saturated carbocycles. The lowest BCUT2D eigenvalue weighted by Crippen LogP contribution is -2.26. The lowest BCUT2D eigenvalue weighted by atomic mass is 10.0. The zero-order chi connectivity index (χ0) is 26.3. The van der Waals surface area contributed by atoms with Crippen LogP contribution in [0, 0.1) is 6.92 Å². The number of imidazole rings is 1. The van der Waals surface area contributed by atoms with Crippen molar-refractivity contribution in [1.29, 1.82) is 0 Å². The molecule has 0 atom stereocenters. The first-order valence-corrected chi connectivity index (χ1v) is 11.4.